The van der Waals surface area contributed by atoms with Gasteiger partial charge in [-0.15, -0.1) is 0 Å². The number of amides is 2. The Morgan fingerprint density at radius 1 is 1.43 bits per heavy atom. The Hall–Kier alpha value is -2.15. The van der Waals surface area contributed by atoms with Gasteiger partial charge < -0.3 is 15.5 Å². The summed E-state index contributed by atoms with van der Waals surface area (Å²) < 4.78 is 0. The number of nitrogens with zero attached hydrogens (tertiary/aromatic N) is 2. The topological polar surface area (TPSA) is 87.5 Å². The summed E-state index contributed by atoms with van der Waals surface area (Å²) in [7, 11) is 0. The third kappa shape index (κ3) is 4.42. The van der Waals surface area contributed by atoms with Crippen LogP contribution in [0.1, 0.15) is 19.8 Å². The van der Waals surface area contributed by atoms with E-state index in [0.717, 1.165) is 32.5 Å². The highest BCUT2D eigenvalue weighted by molar-refractivity contribution is 5.89. The highest BCUT2D eigenvalue weighted by Crippen LogP contribution is 2.17. The van der Waals surface area contributed by atoms with Crippen molar-refractivity contribution in [1.82, 2.24) is 10.2 Å². The first-order valence-electron chi connectivity index (χ1n) is 7.13. The molecule has 1 aliphatic rings. The number of non-ortho nitro benzene ring substituents is 1. The minimum atomic E-state index is -0.483. The molecule has 0 unspecified atom stereocenters. The van der Waals surface area contributed by atoms with Crippen LogP contribution in [0, 0.1) is 10.1 Å². The monoisotopic (exact) mass is 292 g/mol. The number of anilines is 1. The Morgan fingerprint density at radius 2 is 2.14 bits per heavy atom. The summed E-state index contributed by atoms with van der Waals surface area (Å²) in [5.74, 6) is 0. The Labute approximate surface area is 123 Å². The van der Waals surface area contributed by atoms with Crippen molar-refractivity contribution in [1.29, 1.82) is 0 Å². The largest absolute Gasteiger partial charge is 0.335 e. The second-order valence-electron chi connectivity index (χ2n) is 5.11. The van der Waals surface area contributed by atoms with Gasteiger partial charge >= 0.3 is 6.03 Å². The fourth-order valence-corrected chi connectivity index (χ4v) is 2.44. The summed E-state index contributed by atoms with van der Waals surface area (Å²) in [6.07, 6.45) is 1.85. The van der Waals surface area contributed by atoms with Crippen molar-refractivity contribution in [2.45, 2.75) is 25.8 Å². The maximum Gasteiger partial charge on any atom is 0.319 e. The molecule has 1 saturated heterocycles. The van der Waals surface area contributed by atoms with Crippen LogP contribution in [0.3, 0.4) is 0 Å². The number of hydrogen-bond donors (Lipinski definition) is 2. The van der Waals surface area contributed by atoms with Gasteiger partial charge in [-0.3, -0.25) is 10.1 Å². The predicted molar refractivity (Wildman–Crippen MR) is 80.4 cm³/mol. The van der Waals surface area contributed by atoms with Crippen LogP contribution in [0.15, 0.2) is 24.3 Å². The van der Waals surface area contributed by atoms with Crippen LogP contribution in [0.25, 0.3) is 0 Å². The summed E-state index contributed by atoms with van der Waals surface area (Å²) in [5, 5.41) is 16.2. The SMILES string of the molecule is CCN1CCC(NC(=O)Nc2cccc([N+](=O)[O-])c2)CC1. The van der Waals surface area contributed by atoms with E-state index in [1.165, 1.54) is 12.1 Å². The number of nitrogens with one attached hydrogen (secondary N) is 2. The number of piperidine rings is 1. The average molecular weight is 292 g/mol. The number of hydrogen-bond acceptors (Lipinski definition) is 4. The molecule has 0 aromatic heterocycles. The third-order valence-corrected chi connectivity index (χ3v) is 3.68. The van der Waals surface area contributed by atoms with E-state index < -0.39 is 4.92 Å². The standard InChI is InChI=1S/C14H20N4O3/c1-2-17-8-6-11(7-9-17)15-14(19)16-12-4-3-5-13(10-12)18(20)21/h3-5,10-11H,2,6-9H2,1H3,(H2,15,16,19). The molecule has 0 atom stereocenters. The molecule has 1 fully saturated rings. The van der Waals surface area contributed by atoms with E-state index in [9.17, 15) is 14.9 Å². The van der Waals surface area contributed by atoms with E-state index in [1.54, 1.807) is 12.1 Å². The van der Waals surface area contributed by atoms with Crippen LogP contribution >= 0.6 is 0 Å². The highest BCUT2D eigenvalue weighted by Gasteiger charge is 2.19. The van der Waals surface area contributed by atoms with Gasteiger partial charge in [0.25, 0.3) is 5.69 Å². The van der Waals surface area contributed by atoms with Crippen LogP contribution in [0.2, 0.25) is 0 Å². The van der Waals surface area contributed by atoms with E-state index >= 15 is 0 Å². The molecule has 1 aromatic carbocycles. The van der Waals surface area contributed by atoms with Crippen molar-refractivity contribution in [2.24, 2.45) is 0 Å². The average Bonchev–Trinajstić information content (AvgIpc) is 2.48. The number of carbonyl (C=O) groups excluding carboxylic acids is 1. The Morgan fingerprint density at radius 3 is 2.76 bits per heavy atom. The molecule has 1 heterocycles. The number of nitro groups is 1. The summed E-state index contributed by atoms with van der Waals surface area (Å²) in [5.41, 5.74) is 0.386. The number of nitro benzene ring substituents is 1. The molecular formula is C14H20N4O3. The molecule has 114 valence electrons. The number of rotatable bonds is 4. The van der Waals surface area contributed by atoms with Gasteiger partial charge in [0.1, 0.15) is 0 Å². The second kappa shape index (κ2) is 7.03. The smallest absolute Gasteiger partial charge is 0.319 e. The third-order valence-electron chi connectivity index (χ3n) is 3.68. The number of likely N-dealkylation sites (tertiary alicyclic amines) is 1. The Kier molecular flexibility index (Phi) is 5.10. The zero-order valence-electron chi connectivity index (χ0n) is 12.0. The lowest BCUT2D eigenvalue weighted by molar-refractivity contribution is -0.384. The van der Waals surface area contributed by atoms with Crippen molar-refractivity contribution >= 4 is 17.4 Å². The first-order chi connectivity index (χ1) is 10.1. The van der Waals surface area contributed by atoms with Crippen LogP contribution < -0.4 is 10.6 Å². The van der Waals surface area contributed by atoms with Gasteiger partial charge in [0.05, 0.1) is 4.92 Å². The number of benzene rings is 1. The predicted octanol–water partition coefficient (Wildman–Crippen LogP) is 2.20. The van der Waals surface area contributed by atoms with Gasteiger partial charge in [0.2, 0.25) is 0 Å². The van der Waals surface area contributed by atoms with Crippen LogP contribution in [0.5, 0.6) is 0 Å². The molecule has 1 aromatic rings. The van der Waals surface area contributed by atoms with Crippen LogP contribution in [-0.2, 0) is 0 Å². The van der Waals surface area contributed by atoms with Gasteiger partial charge in [0, 0.05) is 37.0 Å². The first kappa shape index (κ1) is 15.2. The summed E-state index contributed by atoms with van der Waals surface area (Å²) in [6.45, 7) is 5.13. The normalized spacial score (nSPS) is 16.4. The first-order valence-corrected chi connectivity index (χ1v) is 7.13. The number of urea groups is 1. The summed E-state index contributed by atoms with van der Waals surface area (Å²) in [6, 6.07) is 5.76. The number of carbonyl (C=O) groups is 1. The Bertz CT molecular complexity index is 513. The molecular weight excluding hydrogens is 272 g/mol. The van der Waals surface area contributed by atoms with Crippen molar-refractivity contribution < 1.29 is 9.72 Å². The minimum absolute atomic E-state index is 0.0379. The summed E-state index contributed by atoms with van der Waals surface area (Å²) >= 11 is 0. The minimum Gasteiger partial charge on any atom is -0.335 e. The maximum absolute atomic E-state index is 11.9. The second-order valence-corrected chi connectivity index (χ2v) is 5.11. The van der Waals surface area contributed by atoms with E-state index in [4.69, 9.17) is 0 Å². The van der Waals surface area contributed by atoms with Crippen molar-refractivity contribution in [3.63, 3.8) is 0 Å². The quantitative estimate of drug-likeness (QED) is 0.658. The van der Waals surface area contributed by atoms with Crippen molar-refractivity contribution in [3.8, 4) is 0 Å². The molecule has 7 heteroatoms. The van der Waals surface area contributed by atoms with E-state index in [1.807, 2.05) is 0 Å². The zero-order chi connectivity index (χ0) is 15.2. The molecule has 1 aliphatic heterocycles. The van der Waals surface area contributed by atoms with E-state index in [0.29, 0.717) is 5.69 Å². The molecule has 0 bridgehead atoms. The zero-order valence-corrected chi connectivity index (χ0v) is 12.0. The van der Waals surface area contributed by atoms with Gasteiger partial charge in [-0.05, 0) is 25.5 Å². The molecule has 0 saturated carbocycles. The summed E-state index contributed by atoms with van der Waals surface area (Å²) in [4.78, 5) is 24.5. The van der Waals surface area contributed by atoms with Crippen LogP contribution in [-0.4, -0.2) is 41.5 Å². The van der Waals surface area contributed by atoms with Crippen LogP contribution in [0.4, 0.5) is 16.2 Å². The molecule has 0 spiro atoms. The Balaban J connectivity index is 1.85. The molecule has 2 rings (SSSR count). The molecule has 7 nitrogen and oxygen atoms in total. The molecule has 0 aliphatic carbocycles. The van der Waals surface area contributed by atoms with Gasteiger partial charge in [-0.2, -0.15) is 0 Å². The lowest BCUT2D eigenvalue weighted by Gasteiger charge is -2.31. The maximum atomic E-state index is 11.9. The highest BCUT2D eigenvalue weighted by atomic mass is 16.6. The van der Waals surface area contributed by atoms with E-state index in [2.05, 4.69) is 22.5 Å². The molecule has 0 radical (unpaired) electrons. The lowest BCUT2D eigenvalue weighted by Crippen LogP contribution is -2.45. The van der Waals surface area contributed by atoms with Gasteiger partial charge in [-0.25, -0.2) is 4.79 Å². The molecule has 21 heavy (non-hydrogen) atoms. The fraction of sp³-hybridized carbons (Fsp3) is 0.500. The van der Waals surface area contributed by atoms with Gasteiger partial charge in [0.15, 0.2) is 0 Å². The lowest BCUT2D eigenvalue weighted by atomic mass is 10.1. The van der Waals surface area contributed by atoms with E-state index in [-0.39, 0.29) is 17.8 Å². The fourth-order valence-electron chi connectivity index (χ4n) is 2.44. The van der Waals surface area contributed by atoms with Crippen molar-refractivity contribution in [2.75, 3.05) is 25.0 Å². The van der Waals surface area contributed by atoms with Crippen molar-refractivity contribution in [3.05, 3.63) is 34.4 Å². The van der Waals surface area contributed by atoms with Gasteiger partial charge in [-0.1, -0.05) is 13.0 Å². The molecule has 2 N–H and O–H groups in total. The molecule has 2 amide bonds.